The summed E-state index contributed by atoms with van der Waals surface area (Å²) in [5.74, 6) is -0.394. The summed E-state index contributed by atoms with van der Waals surface area (Å²) in [4.78, 5) is 23.9. The summed E-state index contributed by atoms with van der Waals surface area (Å²) < 4.78 is 0. The van der Waals surface area contributed by atoms with Crippen LogP contribution in [0.1, 0.15) is 49.2 Å². The van der Waals surface area contributed by atoms with Crippen LogP contribution in [0.2, 0.25) is 0 Å². The van der Waals surface area contributed by atoms with Crippen molar-refractivity contribution in [2.24, 2.45) is 0 Å². The number of imide groups is 1. The van der Waals surface area contributed by atoms with Crippen LogP contribution in [0.3, 0.4) is 0 Å². The number of carbonyl (C=O) groups excluding carboxylic acids is 2. The third-order valence-electron chi connectivity index (χ3n) is 2.97. The van der Waals surface area contributed by atoms with E-state index in [4.69, 9.17) is 0 Å². The van der Waals surface area contributed by atoms with Crippen LogP contribution in [0.4, 0.5) is 10.5 Å². The van der Waals surface area contributed by atoms with Gasteiger partial charge in [0.2, 0.25) is 0 Å². The van der Waals surface area contributed by atoms with Crippen molar-refractivity contribution in [2.45, 2.75) is 41.5 Å². The third-order valence-corrected chi connectivity index (χ3v) is 2.97. The van der Waals surface area contributed by atoms with Gasteiger partial charge in [0.25, 0.3) is 5.91 Å². The number of para-hydroxylation sites is 1. The van der Waals surface area contributed by atoms with Crippen molar-refractivity contribution in [3.05, 3.63) is 65.2 Å². The number of benzene rings is 2. The van der Waals surface area contributed by atoms with Crippen molar-refractivity contribution in [1.29, 1.82) is 0 Å². The number of aryl methyl sites for hydroxylation is 2. The van der Waals surface area contributed by atoms with E-state index >= 15 is 0 Å². The van der Waals surface area contributed by atoms with Crippen LogP contribution in [0.5, 0.6) is 0 Å². The fraction of sp³-hybridized carbons (Fsp3) is 0.300. The molecule has 1 radical (unpaired) electrons. The molecule has 0 aliphatic rings. The van der Waals surface area contributed by atoms with E-state index in [9.17, 15) is 9.59 Å². The van der Waals surface area contributed by atoms with Gasteiger partial charge in [0.1, 0.15) is 0 Å². The van der Waals surface area contributed by atoms with Crippen molar-refractivity contribution in [1.82, 2.24) is 5.32 Å². The third kappa shape index (κ3) is 8.57. The Morgan fingerprint density at radius 1 is 0.760 bits per heavy atom. The summed E-state index contributed by atoms with van der Waals surface area (Å²) in [7, 11) is 0. The van der Waals surface area contributed by atoms with Crippen LogP contribution in [0.15, 0.2) is 48.5 Å². The Kier molecular flexibility index (Phi) is 14.4. The molecule has 3 amide bonds. The number of urea groups is 1. The summed E-state index contributed by atoms with van der Waals surface area (Å²) >= 11 is 0. The molecule has 2 rings (SSSR count). The van der Waals surface area contributed by atoms with E-state index in [0.29, 0.717) is 11.3 Å². The van der Waals surface area contributed by atoms with Gasteiger partial charge in [0.15, 0.2) is 0 Å². The Bertz CT molecular complexity index is 623. The molecule has 25 heavy (non-hydrogen) atoms. The average molecular weight is 379 g/mol. The number of hydrogen-bond donors (Lipinski definition) is 2. The number of hydrogen-bond acceptors (Lipinski definition) is 2. The van der Waals surface area contributed by atoms with Gasteiger partial charge in [-0.3, -0.25) is 10.1 Å². The van der Waals surface area contributed by atoms with E-state index in [0.717, 1.165) is 11.1 Å². The summed E-state index contributed by atoms with van der Waals surface area (Å²) in [6, 6.07) is 14.0. The Morgan fingerprint density at radius 2 is 1.24 bits per heavy atom. The summed E-state index contributed by atoms with van der Waals surface area (Å²) in [5, 5.41) is 4.95. The van der Waals surface area contributed by atoms with Crippen molar-refractivity contribution in [3.8, 4) is 0 Å². The Hall–Kier alpha value is -2.04. The minimum atomic E-state index is -0.538. The fourth-order valence-electron chi connectivity index (χ4n) is 2.02. The molecular weight excluding hydrogens is 351 g/mol. The maximum Gasteiger partial charge on any atom is 0.326 e. The first-order valence-corrected chi connectivity index (χ1v) is 8.31. The minimum Gasteiger partial charge on any atom is -0.308 e. The van der Waals surface area contributed by atoms with Crippen LogP contribution < -0.4 is 10.6 Å². The normalized spacial score (nSPS) is 8.40. The van der Waals surface area contributed by atoms with E-state index in [1.165, 1.54) is 0 Å². The molecule has 0 spiro atoms. The standard InChI is InChI=1S/C16H16N2O2.2C2H6.V/c1-11-7-6-8-12(2)14(11)15(19)18-16(20)17-13-9-4-3-5-10-13;2*1-2;/h3-10H,1-2H3,(H2,17,18,19,20);2*1-2H3;. The topological polar surface area (TPSA) is 58.2 Å². The molecule has 0 bridgehead atoms. The Morgan fingerprint density at radius 3 is 1.72 bits per heavy atom. The van der Waals surface area contributed by atoms with Gasteiger partial charge in [0.05, 0.1) is 0 Å². The molecule has 0 aromatic heterocycles. The number of nitrogens with one attached hydrogen (secondary N) is 2. The van der Waals surface area contributed by atoms with E-state index in [2.05, 4.69) is 10.6 Å². The molecule has 0 atom stereocenters. The van der Waals surface area contributed by atoms with Gasteiger partial charge in [-0.1, -0.05) is 64.1 Å². The molecule has 0 aliphatic carbocycles. The summed E-state index contributed by atoms with van der Waals surface area (Å²) in [6.45, 7) is 11.7. The van der Waals surface area contributed by atoms with Gasteiger partial charge in [0, 0.05) is 29.8 Å². The quantitative estimate of drug-likeness (QED) is 0.742. The molecule has 0 saturated heterocycles. The average Bonchev–Trinajstić information content (AvgIpc) is 2.59. The molecule has 0 saturated carbocycles. The van der Waals surface area contributed by atoms with Gasteiger partial charge in [-0.15, -0.1) is 0 Å². The SMILES string of the molecule is CC.CC.Cc1cccc(C)c1C(=O)NC(=O)Nc1ccccc1.[V]. The monoisotopic (exact) mass is 379 g/mol. The smallest absolute Gasteiger partial charge is 0.308 e. The molecule has 2 aromatic rings. The summed E-state index contributed by atoms with van der Waals surface area (Å²) in [5.41, 5.74) is 2.86. The number of amides is 3. The van der Waals surface area contributed by atoms with Gasteiger partial charge in [-0.2, -0.15) is 0 Å². The minimum absolute atomic E-state index is 0. The zero-order valence-electron chi connectivity index (χ0n) is 15.9. The van der Waals surface area contributed by atoms with Crippen LogP contribution in [-0.4, -0.2) is 11.9 Å². The van der Waals surface area contributed by atoms with Crippen molar-refractivity contribution >= 4 is 17.6 Å². The molecule has 0 aliphatic heterocycles. The Labute approximate surface area is 163 Å². The largest absolute Gasteiger partial charge is 0.326 e. The second-order valence-electron chi connectivity index (χ2n) is 4.54. The van der Waals surface area contributed by atoms with Crippen LogP contribution in [0.25, 0.3) is 0 Å². The van der Waals surface area contributed by atoms with Crippen LogP contribution in [0, 0.1) is 13.8 Å². The van der Waals surface area contributed by atoms with Gasteiger partial charge in [-0.05, 0) is 37.1 Å². The fourth-order valence-corrected chi connectivity index (χ4v) is 2.02. The molecule has 135 valence electrons. The first-order valence-electron chi connectivity index (χ1n) is 8.31. The van der Waals surface area contributed by atoms with Crippen molar-refractivity contribution < 1.29 is 28.1 Å². The van der Waals surface area contributed by atoms with E-state index in [-0.39, 0.29) is 18.6 Å². The number of anilines is 1. The predicted octanol–water partition coefficient (Wildman–Crippen LogP) is 5.32. The molecule has 0 unspecified atom stereocenters. The number of rotatable bonds is 2. The maximum absolute atomic E-state index is 12.1. The molecule has 0 heterocycles. The molecule has 2 N–H and O–H groups in total. The summed E-state index contributed by atoms with van der Waals surface area (Å²) in [6.07, 6.45) is 0. The molecule has 2 aromatic carbocycles. The zero-order chi connectivity index (χ0) is 18.5. The molecule has 5 heteroatoms. The van der Waals surface area contributed by atoms with Gasteiger partial charge in [-0.25, -0.2) is 4.79 Å². The van der Waals surface area contributed by atoms with E-state index in [1.807, 2.05) is 77.9 Å². The van der Waals surface area contributed by atoms with E-state index in [1.54, 1.807) is 12.1 Å². The number of carbonyl (C=O) groups is 2. The van der Waals surface area contributed by atoms with Gasteiger partial charge >= 0.3 is 6.03 Å². The molecule has 4 nitrogen and oxygen atoms in total. The van der Waals surface area contributed by atoms with Gasteiger partial charge < -0.3 is 5.32 Å². The van der Waals surface area contributed by atoms with Crippen molar-refractivity contribution in [3.63, 3.8) is 0 Å². The maximum atomic E-state index is 12.1. The van der Waals surface area contributed by atoms with Crippen LogP contribution in [-0.2, 0) is 18.6 Å². The molecule has 0 fully saturated rings. The molecular formula is C20H28N2O2V. The van der Waals surface area contributed by atoms with Crippen LogP contribution >= 0.6 is 0 Å². The van der Waals surface area contributed by atoms with E-state index < -0.39 is 11.9 Å². The second kappa shape index (κ2) is 14.3. The van der Waals surface area contributed by atoms with Crippen molar-refractivity contribution in [2.75, 3.05) is 5.32 Å². The second-order valence-corrected chi connectivity index (χ2v) is 4.54. The zero-order valence-corrected chi connectivity index (χ0v) is 17.3. The first-order chi connectivity index (χ1) is 11.6. The Balaban J connectivity index is 0. The predicted molar refractivity (Wildman–Crippen MR) is 102 cm³/mol. The first kappa shape index (κ1) is 25.2.